The van der Waals surface area contributed by atoms with Gasteiger partial charge in [-0.3, -0.25) is 4.79 Å². The third-order valence-electron chi connectivity index (χ3n) is 5.05. The average Bonchev–Trinajstić information content (AvgIpc) is 2.62. The first kappa shape index (κ1) is 21.2. The maximum Gasteiger partial charge on any atom is 0.243 e. The molecule has 26 heavy (non-hydrogen) atoms. The van der Waals surface area contributed by atoms with E-state index in [0.29, 0.717) is 24.8 Å². The van der Waals surface area contributed by atoms with E-state index in [1.165, 1.54) is 0 Å². The molecule has 2 fully saturated rings. The van der Waals surface area contributed by atoms with Crippen molar-refractivity contribution in [1.82, 2.24) is 9.62 Å². The van der Waals surface area contributed by atoms with Gasteiger partial charge in [-0.1, -0.05) is 12.5 Å². The molecule has 2 heterocycles. The zero-order valence-electron chi connectivity index (χ0n) is 15.1. The predicted octanol–water partition coefficient (Wildman–Crippen LogP) is 2.61. The summed E-state index contributed by atoms with van der Waals surface area (Å²) in [6.07, 6.45) is 4.50. The van der Waals surface area contributed by atoms with Crippen LogP contribution in [0.4, 0.5) is 5.69 Å². The van der Waals surface area contributed by atoms with Crippen molar-refractivity contribution in [3.63, 3.8) is 0 Å². The second-order valence-corrected chi connectivity index (χ2v) is 9.00. The number of halogens is 1. The van der Waals surface area contributed by atoms with E-state index in [0.717, 1.165) is 38.6 Å². The maximum atomic E-state index is 12.8. The van der Waals surface area contributed by atoms with E-state index in [2.05, 4.69) is 17.6 Å². The van der Waals surface area contributed by atoms with Crippen LogP contribution in [-0.2, 0) is 14.8 Å². The molecule has 0 unspecified atom stereocenters. The molecule has 0 radical (unpaired) electrons. The summed E-state index contributed by atoms with van der Waals surface area (Å²) in [4.78, 5) is 12.7. The zero-order chi connectivity index (χ0) is 17.9. The summed E-state index contributed by atoms with van der Waals surface area (Å²) in [6, 6.07) is 6.95. The minimum atomic E-state index is -3.48. The molecule has 2 aliphatic heterocycles. The normalized spacial score (nSPS) is 24.5. The van der Waals surface area contributed by atoms with Crippen molar-refractivity contribution >= 4 is 34.0 Å². The Morgan fingerprint density at radius 2 is 1.96 bits per heavy atom. The first-order chi connectivity index (χ1) is 12.0. The van der Waals surface area contributed by atoms with E-state index in [1.54, 1.807) is 28.6 Å². The highest BCUT2D eigenvalue weighted by Gasteiger charge is 2.27. The summed E-state index contributed by atoms with van der Waals surface area (Å²) in [7, 11) is -3.48. The van der Waals surface area contributed by atoms with Crippen LogP contribution < -0.4 is 10.6 Å². The summed E-state index contributed by atoms with van der Waals surface area (Å²) >= 11 is 0. The summed E-state index contributed by atoms with van der Waals surface area (Å²) < 4.78 is 27.1. The standard InChI is InChI=1S/C18H27N3O3S.ClH/c1-14-12-15(8-9-19-14)18(22)20-16-6-5-7-17(13-16)25(23,24)21-10-3-2-4-11-21;/h5-7,13-15,19H,2-4,8-12H2,1H3,(H,20,22);1H/t14-,15-;/m0./s1. The maximum absolute atomic E-state index is 12.8. The van der Waals surface area contributed by atoms with Gasteiger partial charge in [0.2, 0.25) is 15.9 Å². The number of benzene rings is 1. The molecule has 2 saturated heterocycles. The van der Waals surface area contributed by atoms with Crippen LogP contribution in [0.15, 0.2) is 29.2 Å². The third kappa shape index (κ3) is 4.97. The Bertz CT molecular complexity index is 720. The lowest BCUT2D eigenvalue weighted by Crippen LogP contribution is -2.40. The number of sulfonamides is 1. The van der Waals surface area contributed by atoms with Crippen molar-refractivity contribution in [3.05, 3.63) is 24.3 Å². The molecule has 1 aromatic carbocycles. The molecule has 8 heteroatoms. The van der Waals surface area contributed by atoms with Crippen molar-refractivity contribution in [1.29, 1.82) is 0 Å². The van der Waals surface area contributed by atoms with Crippen molar-refractivity contribution in [2.24, 2.45) is 5.92 Å². The van der Waals surface area contributed by atoms with Crippen molar-refractivity contribution in [2.75, 3.05) is 25.0 Å². The van der Waals surface area contributed by atoms with E-state index < -0.39 is 10.0 Å². The molecule has 0 aliphatic carbocycles. The van der Waals surface area contributed by atoms with Gasteiger partial charge < -0.3 is 10.6 Å². The van der Waals surface area contributed by atoms with Crippen LogP contribution in [0.5, 0.6) is 0 Å². The van der Waals surface area contributed by atoms with Gasteiger partial charge in [0, 0.05) is 30.7 Å². The lowest BCUT2D eigenvalue weighted by Gasteiger charge is -2.27. The quantitative estimate of drug-likeness (QED) is 0.812. The van der Waals surface area contributed by atoms with Crippen LogP contribution in [0.3, 0.4) is 0 Å². The Hall–Kier alpha value is -1.15. The van der Waals surface area contributed by atoms with Crippen LogP contribution >= 0.6 is 12.4 Å². The van der Waals surface area contributed by atoms with Crippen LogP contribution in [0.25, 0.3) is 0 Å². The number of nitrogens with zero attached hydrogens (tertiary/aromatic N) is 1. The van der Waals surface area contributed by atoms with Crippen LogP contribution in [0, 0.1) is 5.92 Å². The number of anilines is 1. The van der Waals surface area contributed by atoms with E-state index in [4.69, 9.17) is 0 Å². The monoisotopic (exact) mass is 401 g/mol. The Morgan fingerprint density at radius 1 is 1.23 bits per heavy atom. The second-order valence-electron chi connectivity index (χ2n) is 7.06. The number of hydrogen-bond donors (Lipinski definition) is 2. The number of carbonyl (C=O) groups excluding carboxylic acids is 1. The molecular weight excluding hydrogens is 374 g/mol. The van der Waals surface area contributed by atoms with Gasteiger partial charge in [0.15, 0.2) is 0 Å². The lowest BCUT2D eigenvalue weighted by atomic mass is 9.92. The van der Waals surface area contributed by atoms with Crippen molar-refractivity contribution in [2.45, 2.75) is 50.0 Å². The molecule has 146 valence electrons. The number of amides is 1. The number of nitrogens with one attached hydrogen (secondary N) is 2. The highest BCUT2D eigenvalue weighted by molar-refractivity contribution is 7.89. The fourth-order valence-electron chi connectivity index (χ4n) is 3.60. The summed E-state index contributed by atoms with van der Waals surface area (Å²) in [6.45, 7) is 4.06. The molecule has 1 aromatic rings. The first-order valence-corrected chi connectivity index (χ1v) is 10.6. The summed E-state index contributed by atoms with van der Waals surface area (Å²) in [5, 5.41) is 6.23. The Balaban J connectivity index is 0.00000243. The molecule has 1 amide bonds. The number of carbonyl (C=O) groups is 1. The van der Waals surface area contributed by atoms with E-state index in [1.807, 2.05) is 0 Å². The molecule has 0 aromatic heterocycles. The molecule has 0 bridgehead atoms. The van der Waals surface area contributed by atoms with Crippen LogP contribution in [-0.4, -0.2) is 44.3 Å². The minimum Gasteiger partial charge on any atom is -0.326 e. The molecule has 0 spiro atoms. The predicted molar refractivity (Wildman–Crippen MR) is 105 cm³/mol. The van der Waals surface area contributed by atoms with Crippen molar-refractivity contribution in [3.8, 4) is 0 Å². The highest BCUT2D eigenvalue weighted by Crippen LogP contribution is 2.24. The fourth-order valence-corrected chi connectivity index (χ4v) is 5.17. The molecular formula is C18H28ClN3O3S. The molecule has 6 nitrogen and oxygen atoms in total. The number of rotatable bonds is 4. The summed E-state index contributed by atoms with van der Waals surface area (Å²) in [5.41, 5.74) is 0.550. The van der Waals surface area contributed by atoms with Gasteiger partial charge in [-0.05, 0) is 57.4 Å². The summed E-state index contributed by atoms with van der Waals surface area (Å²) in [5.74, 6) is -0.0560. The van der Waals surface area contributed by atoms with Gasteiger partial charge in [0.25, 0.3) is 0 Å². The van der Waals surface area contributed by atoms with E-state index in [9.17, 15) is 13.2 Å². The third-order valence-corrected chi connectivity index (χ3v) is 6.94. The van der Waals surface area contributed by atoms with Gasteiger partial charge in [0.1, 0.15) is 0 Å². The largest absolute Gasteiger partial charge is 0.326 e. The van der Waals surface area contributed by atoms with E-state index >= 15 is 0 Å². The van der Waals surface area contributed by atoms with Gasteiger partial charge >= 0.3 is 0 Å². The van der Waals surface area contributed by atoms with E-state index in [-0.39, 0.29) is 29.1 Å². The number of piperidine rings is 2. The average molecular weight is 402 g/mol. The Morgan fingerprint density at radius 3 is 2.65 bits per heavy atom. The van der Waals surface area contributed by atoms with Gasteiger partial charge in [-0.25, -0.2) is 8.42 Å². The molecule has 3 rings (SSSR count). The Kier molecular flexibility index (Phi) is 7.46. The van der Waals surface area contributed by atoms with Crippen molar-refractivity contribution < 1.29 is 13.2 Å². The Labute approximate surface area is 162 Å². The smallest absolute Gasteiger partial charge is 0.243 e. The minimum absolute atomic E-state index is 0. The number of hydrogen-bond acceptors (Lipinski definition) is 4. The molecule has 2 atom stereocenters. The van der Waals surface area contributed by atoms with Gasteiger partial charge in [0.05, 0.1) is 4.90 Å². The van der Waals surface area contributed by atoms with Crippen LogP contribution in [0.2, 0.25) is 0 Å². The van der Waals surface area contributed by atoms with Gasteiger partial charge in [-0.2, -0.15) is 4.31 Å². The fraction of sp³-hybridized carbons (Fsp3) is 0.611. The topological polar surface area (TPSA) is 78.5 Å². The molecule has 0 saturated carbocycles. The zero-order valence-corrected chi connectivity index (χ0v) is 16.7. The first-order valence-electron chi connectivity index (χ1n) is 9.11. The van der Waals surface area contributed by atoms with Gasteiger partial charge in [-0.15, -0.1) is 12.4 Å². The second kappa shape index (κ2) is 9.17. The molecule has 2 aliphatic rings. The van der Waals surface area contributed by atoms with Crippen LogP contribution in [0.1, 0.15) is 39.0 Å². The molecule has 2 N–H and O–H groups in total. The SMILES string of the molecule is C[C@H]1C[C@@H](C(=O)Nc2cccc(S(=O)(=O)N3CCCCC3)c2)CCN1.Cl. The lowest BCUT2D eigenvalue weighted by molar-refractivity contribution is -0.120. The highest BCUT2D eigenvalue weighted by atomic mass is 35.5.